The van der Waals surface area contributed by atoms with Crippen LogP contribution in [0.25, 0.3) is 0 Å². The quantitative estimate of drug-likeness (QED) is 0.752. The molecular formula is C10H16N4O2. The summed E-state index contributed by atoms with van der Waals surface area (Å²) >= 11 is 0. The standard InChI is InChI=1S/C10H16N4O2/c1-7-12-9(14-16-7)10(15)13-8-3-2-5-11-6-4-8/h8,11H,2-6H2,1H3,(H,13,15). The van der Waals surface area contributed by atoms with E-state index in [4.69, 9.17) is 4.52 Å². The molecule has 2 heterocycles. The van der Waals surface area contributed by atoms with Crippen LogP contribution in [0, 0.1) is 6.92 Å². The van der Waals surface area contributed by atoms with Crippen molar-refractivity contribution < 1.29 is 9.32 Å². The number of nitrogens with one attached hydrogen (secondary N) is 2. The predicted octanol–water partition coefficient (Wildman–Crippen LogP) is 0.250. The van der Waals surface area contributed by atoms with Crippen LogP contribution in [-0.4, -0.2) is 35.2 Å². The zero-order valence-electron chi connectivity index (χ0n) is 9.32. The van der Waals surface area contributed by atoms with E-state index in [-0.39, 0.29) is 17.8 Å². The average Bonchev–Trinajstić information content (AvgIpc) is 2.54. The van der Waals surface area contributed by atoms with Gasteiger partial charge in [0.15, 0.2) is 0 Å². The van der Waals surface area contributed by atoms with Crippen molar-refractivity contribution in [2.45, 2.75) is 32.2 Å². The first-order valence-corrected chi connectivity index (χ1v) is 5.57. The summed E-state index contributed by atoms with van der Waals surface area (Å²) in [4.78, 5) is 15.6. The average molecular weight is 224 g/mol. The third-order valence-corrected chi connectivity index (χ3v) is 2.64. The van der Waals surface area contributed by atoms with Crippen LogP contribution in [0.2, 0.25) is 0 Å². The molecular weight excluding hydrogens is 208 g/mol. The van der Waals surface area contributed by atoms with Crippen molar-refractivity contribution in [1.82, 2.24) is 20.8 Å². The van der Waals surface area contributed by atoms with E-state index < -0.39 is 0 Å². The first kappa shape index (κ1) is 11.1. The number of hydrogen-bond donors (Lipinski definition) is 2. The molecule has 6 heteroatoms. The number of aryl methyl sites for hydroxylation is 1. The highest BCUT2D eigenvalue weighted by Gasteiger charge is 2.18. The Morgan fingerprint density at radius 2 is 2.38 bits per heavy atom. The first-order valence-electron chi connectivity index (χ1n) is 5.57. The van der Waals surface area contributed by atoms with Crippen molar-refractivity contribution >= 4 is 5.91 Å². The maximum absolute atomic E-state index is 11.7. The van der Waals surface area contributed by atoms with Crippen molar-refractivity contribution in [1.29, 1.82) is 0 Å². The summed E-state index contributed by atoms with van der Waals surface area (Å²) in [6.07, 6.45) is 3.02. The van der Waals surface area contributed by atoms with Gasteiger partial charge in [-0.2, -0.15) is 4.98 Å². The lowest BCUT2D eigenvalue weighted by Gasteiger charge is -2.13. The molecule has 1 saturated heterocycles. The van der Waals surface area contributed by atoms with Crippen LogP contribution in [-0.2, 0) is 0 Å². The fourth-order valence-electron chi connectivity index (χ4n) is 1.80. The Kier molecular flexibility index (Phi) is 3.51. The number of nitrogens with zero attached hydrogens (tertiary/aromatic N) is 2. The van der Waals surface area contributed by atoms with Gasteiger partial charge in [0.05, 0.1) is 0 Å². The molecule has 1 amide bonds. The third-order valence-electron chi connectivity index (χ3n) is 2.64. The Labute approximate surface area is 93.8 Å². The molecule has 1 aliphatic rings. The van der Waals surface area contributed by atoms with Gasteiger partial charge in [-0.1, -0.05) is 5.16 Å². The molecule has 1 aromatic heterocycles. The van der Waals surface area contributed by atoms with Gasteiger partial charge in [0.25, 0.3) is 11.7 Å². The van der Waals surface area contributed by atoms with Crippen LogP contribution in [0.4, 0.5) is 0 Å². The molecule has 0 aliphatic carbocycles. The molecule has 1 aliphatic heterocycles. The van der Waals surface area contributed by atoms with Crippen molar-refractivity contribution in [3.63, 3.8) is 0 Å². The number of amides is 1. The molecule has 2 N–H and O–H groups in total. The van der Waals surface area contributed by atoms with Crippen molar-refractivity contribution in [2.75, 3.05) is 13.1 Å². The van der Waals surface area contributed by atoms with Crippen LogP contribution < -0.4 is 10.6 Å². The van der Waals surface area contributed by atoms with E-state index in [1.54, 1.807) is 6.92 Å². The minimum Gasteiger partial charge on any atom is -0.346 e. The second kappa shape index (κ2) is 5.07. The van der Waals surface area contributed by atoms with Gasteiger partial charge in [0.2, 0.25) is 5.89 Å². The van der Waals surface area contributed by atoms with Crippen molar-refractivity contribution in [3.8, 4) is 0 Å². The van der Waals surface area contributed by atoms with Gasteiger partial charge in [0, 0.05) is 13.0 Å². The summed E-state index contributed by atoms with van der Waals surface area (Å²) in [6, 6.07) is 0.210. The molecule has 16 heavy (non-hydrogen) atoms. The van der Waals surface area contributed by atoms with E-state index >= 15 is 0 Å². The maximum Gasteiger partial charge on any atom is 0.292 e. The molecule has 88 valence electrons. The number of carbonyl (C=O) groups is 1. The molecule has 1 atom stereocenters. The van der Waals surface area contributed by atoms with E-state index in [2.05, 4.69) is 20.8 Å². The Bertz CT molecular complexity index is 355. The van der Waals surface area contributed by atoms with Gasteiger partial charge >= 0.3 is 0 Å². The van der Waals surface area contributed by atoms with Gasteiger partial charge < -0.3 is 15.2 Å². The Morgan fingerprint density at radius 1 is 1.50 bits per heavy atom. The van der Waals surface area contributed by atoms with E-state index in [9.17, 15) is 4.79 Å². The Hall–Kier alpha value is -1.43. The van der Waals surface area contributed by atoms with Crippen molar-refractivity contribution in [3.05, 3.63) is 11.7 Å². The SMILES string of the molecule is Cc1nc(C(=O)NC2CCCNCC2)no1. The summed E-state index contributed by atoms with van der Waals surface area (Å²) in [5.74, 6) is 0.283. The number of carbonyl (C=O) groups excluding carboxylic acids is 1. The zero-order chi connectivity index (χ0) is 11.4. The predicted molar refractivity (Wildman–Crippen MR) is 57.0 cm³/mol. The first-order chi connectivity index (χ1) is 7.75. The molecule has 2 rings (SSSR count). The summed E-state index contributed by atoms with van der Waals surface area (Å²) in [6.45, 7) is 3.63. The van der Waals surface area contributed by atoms with Gasteiger partial charge in [-0.3, -0.25) is 4.79 Å². The fraction of sp³-hybridized carbons (Fsp3) is 0.700. The smallest absolute Gasteiger partial charge is 0.292 e. The number of rotatable bonds is 2. The lowest BCUT2D eigenvalue weighted by atomic mass is 10.1. The topological polar surface area (TPSA) is 80.0 Å². The van der Waals surface area contributed by atoms with Crippen LogP contribution in [0.3, 0.4) is 0 Å². The van der Waals surface area contributed by atoms with E-state index in [0.29, 0.717) is 5.89 Å². The highest BCUT2D eigenvalue weighted by molar-refractivity contribution is 5.90. The molecule has 0 radical (unpaired) electrons. The second-order valence-electron chi connectivity index (χ2n) is 3.99. The largest absolute Gasteiger partial charge is 0.346 e. The monoisotopic (exact) mass is 224 g/mol. The normalized spacial score (nSPS) is 21.4. The summed E-state index contributed by atoms with van der Waals surface area (Å²) in [7, 11) is 0. The number of hydrogen-bond acceptors (Lipinski definition) is 5. The van der Waals surface area contributed by atoms with Gasteiger partial charge in [0.1, 0.15) is 0 Å². The highest BCUT2D eigenvalue weighted by atomic mass is 16.5. The molecule has 0 saturated carbocycles. The van der Waals surface area contributed by atoms with Crippen LogP contribution in [0.15, 0.2) is 4.52 Å². The lowest BCUT2D eigenvalue weighted by molar-refractivity contribution is 0.0920. The molecule has 0 spiro atoms. The van der Waals surface area contributed by atoms with Gasteiger partial charge in [-0.25, -0.2) is 0 Å². The molecule has 0 bridgehead atoms. The van der Waals surface area contributed by atoms with E-state index in [0.717, 1.165) is 32.4 Å². The fourth-order valence-corrected chi connectivity index (χ4v) is 1.80. The van der Waals surface area contributed by atoms with Crippen LogP contribution in [0.5, 0.6) is 0 Å². The maximum atomic E-state index is 11.7. The lowest BCUT2D eigenvalue weighted by Crippen LogP contribution is -2.36. The highest BCUT2D eigenvalue weighted by Crippen LogP contribution is 2.06. The van der Waals surface area contributed by atoms with Crippen molar-refractivity contribution in [2.24, 2.45) is 0 Å². The third kappa shape index (κ3) is 2.79. The second-order valence-corrected chi connectivity index (χ2v) is 3.99. The van der Waals surface area contributed by atoms with E-state index in [1.165, 1.54) is 0 Å². The summed E-state index contributed by atoms with van der Waals surface area (Å²) in [5, 5.41) is 9.81. The van der Waals surface area contributed by atoms with E-state index in [1.807, 2.05) is 0 Å². The molecule has 0 aromatic carbocycles. The zero-order valence-corrected chi connectivity index (χ0v) is 9.32. The molecule has 1 unspecified atom stereocenters. The molecule has 1 fully saturated rings. The van der Waals surface area contributed by atoms with Gasteiger partial charge in [-0.15, -0.1) is 0 Å². The molecule has 1 aromatic rings. The summed E-state index contributed by atoms with van der Waals surface area (Å²) < 4.78 is 4.77. The van der Waals surface area contributed by atoms with Crippen LogP contribution >= 0.6 is 0 Å². The minimum absolute atomic E-state index is 0.120. The van der Waals surface area contributed by atoms with Gasteiger partial charge in [-0.05, 0) is 32.4 Å². The molecule has 6 nitrogen and oxygen atoms in total. The number of aromatic nitrogens is 2. The summed E-state index contributed by atoms with van der Waals surface area (Å²) in [5.41, 5.74) is 0. The Balaban J connectivity index is 1.90. The minimum atomic E-state index is -0.247. The Morgan fingerprint density at radius 3 is 3.12 bits per heavy atom. The van der Waals surface area contributed by atoms with Crippen LogP contribution in [0.1, 0.15) is 35.8 Å².